The standard InChI is InChI=1S/C20H26O6/c1-11-6-16(22)19-9-24-17-18(11,7-13(26-17)12-4-5-23-8-12)14(19)2-3-15(21)20(19)10-25-20/h4-5,8,11,13-17,21-22H,2-3,6-7,9-10H2,1H3. The molecule has 2 bridgehead atoms. The Kier molecular flexibility index (Phi) is 3.04. The molecule has 2 spiro atoms. The topological polar surface area (TPSA) is 84.6 Å². The van der Waals surface area contributed by atoms with Gasteiger partial charge in [-0.2, -0.15) is 0 Å². The Labute approximate surface area is 152 Å². The molecule has 0 amide bonds. The Balaban J connectivity index is 1.48. The molecule has 2 saturated carbocycles. The van der Waals surface area contributed by atoms with Crippen LogP contribution in [0.4, 0.5) is 0 Å². The maximum absolute atomic E-state index is 11.2. The molecule has 4 heterocycles. The summed E-state index contributed by atoms with van der Waals surface area (Å²) >= 11 is 0. The minimum Gasteiger partial charge on any atom is -0.472 e. The third-order valence-electron chi connectivity index (χ3n) is 8.52. The van der Waals surface area contributed by atoms with E-state index in [1.54, 1.807) is 12.5 Å². The molecular formula is C20H26O6. The number of aliphatic hydroxyl groups is 2. The van der Waals surface area contributed by atoms with Gasteiger partial charge in [-0.15, -0.1) is 0 Å². The summed E-state index contributed by atoms with van der Waals surface area (Å²) in [4.78, 5) is 0. The molecule has 6 nitrogen and oxygen atoms in total. The van der Waals surface area contributed by atoms with Crippen LogP contribution in [0.5, 0.6) is 0 Å². The fraction of sp³-hybridized carbons (Fsp3) is 0.800. The Morgan fingerprint density at radius 3 is 2.73 bits per heavy atom. The Bertz CT molecular complexity index is 714. The van der Waals surface area contributed by atoms with Crippen molar-refractivity contribution in [2.24, 2.45) is 22.7 Å². The highest BCUT2D eigenvalue weighted by Gasteiger charge is 2.81. The van der Waals surface area contributed by atoms with Gasteiger partial charge in [0.2, 0.25) is 0 Å². The minimum absolute atomic E-state index is 0.0461. The van der Waals surface area contributed by atoms with Gasteiger partial charge in [0.1, 0.15) is 5.60 Å². The van der Waals surface area contributed by atoms with E-state index in [2.05, 4.69) is 6.92 Å². The summed E-state index contributed by atoms with van der Waals surface area (Å²) in [5.41, 5.74) is -0.267. The number of hydrogen-bond donors (Lipinski definition) is 2. The second-order valence-electron chi connectivity index (χ2n) is 9.16. The molecule has 9 atom stereocenters. The lowest BCUT2D eigenvalue weighted by Gasteiger charge is -2.66. The summed E-state index contributed by atoms with van der Waals surface area (Å²) in [7, 11) is 0. The van der Waals surface area contributed by atoms with Gasteiger partial charge in [-0.25, -0.2) is 0 Å². The van der Waals surface area contributed by atoms with Gasteiger partial charge in [-0.1, -0.05) is 6.92 Å². The summed E-state index contributed by atoms with van der Waals surface area (Å²) in [6, 6.07) is 1.96. The van der Waals surface area contributed by atoms with Gasteiger partial charge in [-0.3, -0.25) is 0 Å². The van der Waals surface area contributed by atoms with E-state index in [0.29, 0.717) is 19.6 Å². The van der Waals surface area contributed by atoms with Crippen LogP contribution < -0.4 is 0 Å². The molecule has 5 fully saturated rings. The molecule has 3 aliphatic heterocycles. The van der Waals surface area contributed by atoms with Crippen LogP contribution in [0.2, 0.25) is 0 Å². The van der Waals surface area contributed by atoms with Crippen LogP contribution in [0.1, 0.15) is 44.3 Å². The molecular weight excluding hydrogens is 336 g/mol. The van der Waals surface area contributed by atoms with E-state index in [-0.39, 0.29) is 29.6 Å². The zero-order chi connectivity index (χ0) is 17.7. The summed E-state index contributed by atoms with van der Waals surface area (Å²) in [6.07, 6.45) is 5.26. The fourth-order valence-corrected chi connectivity index (χ4v) is 7.19. The number of ether oxygens (including phenoxy) is 3. The third-order valence-corrected chi connectivity index (χ3v) is 8.52. The van der Waals surface area contributed by atoms with Crippen LogP contribution in [-0.2, 0) is 14.2 Å². The number of rotatable bonds is 1. The zero-order valence-corrected chi connectivity index (χ0v) is 15.0. The summed E-state index contributed by atoms with van der Waals surface area (Å²) in [5, 5.41) is 21.9. The van der Waals surface area contributed by atoms with Gasteiger partial charge in [0.25, 0.3) is 0 Å². The Morgan fingerprint density at radius 2 is 2.00 bits per heavy atom. The van der Waals surface area contributed by atoms with Crippen molar-refractivity contribution in [3.05, 3.63) is 24.2 Å². The van der Waals surface area contributed by atoms with Crippen molar-refractivity contribution in [1.82, 2.24) is 0 Å². The highest BCUT2D eigenvalue weighted by molar-refractivity contribution is 5.28. The summed E-state index contributed by atoms with van der Waals surface area (Å²) < 4.78 is 23.9. The van der Waals surface area contributed by atoms with Crippen LogP contribution in [0.3, 0.4) is 0 Å². The van der Waals surface area contributed by atoms with Crippen LogP contribution >= 0.6 is 0 Å². The average molecular weight is 362 g/mol. The summed E-state index contributed by atoms with van der Waals surface area (Å²) in [5.74, 6) is 0.513. The highest BCUT2D eigenvalue weighted by atomic mass is 16.7. The first-order valence-corrected chi connectivity index (χ1v) is 9.84. The van der Waals surface area contributed by atoms with Crippen molar-refractivity contribution >= 4 is 0 Å². The SMILES string of the molecule is CC1CC(O)C23COC4OC(c5ccoc5)CC14C2CCC(O)C31CO1. The van der Waals surface area contributed by atoms with Gasteiger partial charge in [-0.05, 0) is 43.6 Å². The molecule has 0 radical (unpaired) electrons. The molecule has 1 aromatic rings. The minimum atomic E-state index is -0.638. The molecule has 6 heteroatoms. The average Bonchev–Trinajstić information content (AvgIpc) is 3.07. The molecule has 26 heavy (non-hydrogen) atoms. The lowest BCUT2D eigenvalue weighted by atomic mass is 9.41. The zero-order valence-electron chi connectivity index (χ0n) is 15.0. The Morgan fingerprint density at radius 1 is 1.15 bits per heavy atom. The maximum atomic E-state index is 11.2. The van der Waals surface area contributed by atoms with Crippen LogP contribution in [0, 0.1) is 22.7 Å². The van der Waals surface area contributed by atoms with Gasteiger partial charge in [0.15, 0.2) is 6.29 Å². The van der Waals surface area contributed by atoms with Gasteiger partial charge in [0, 0.05) is 11.0 Å². The molecule has 1 aromatic heterocycles. The van der Waals surface area contributed by atoms with E-state index >= 15 is 0 Å². The van der Waals surface area contributed by atoms with Crippen LogP contribution in [0.15, 0.2) is 23.0 Å². The Hall–Kier alpha value is -0.920. The lowest BCUT2D eigenvalue weighted by molar-refractivity contribution is -0.339. The molecule has 2 aliphatic carbocycles. The molecule has 6 rings (SSSR count). The largest absolute Gasteiger partial charge is 0.472 e. The molecule has 0 aromatic carbocycles. The fourth-order valence-electron chi connectivity index (χ4n) is 7.19. The van der Waals surface area contributed by atoms with Crippen molar-refractivity contribution in [1.29, 1.82) is 0 Å². The van der Waals surface area contributed by atoms with E-state index in [0.717, 1.165) is 24.8 Å². The van der Waals surface area contributed by atoms with Crippen molar-refractivity contribution in [3.8, 4) is 0 Å². The quantitative estimate of drug-likeness (QED) is 0.744. The monoisotopic (exact) mass is 362 g/mol. The molecule has 5 aliphatic rings. The van der Waals surface area contributed by atoms with Crippen LogP contribution in [0.25, 0.3) is 0 Å². The summed E-state index contributed by atoms with van der Waals surface area (Å²) in [6.45, 7) is 3.14. The molecule has 142 valence electrons. The maximum Gasteiger partial charge on any atom is 0.164 e. The predicted octanol–water partition coefficient (Wildman–Crippen LogP) is 2.01. The van der Waals surface area contributed by atoms with Crippen molar-refractivity contribution in [2.45, 2.75) is 62.8 Å². The molecule has 2 N–H and O–H groups in total. The van der Waals surface area contributed by atoms with Crippen LogP contribution in [-0.4, -0.2) is 47.5 Å². The van der Waals surface area contributed by atoms with E-state index in [1.165, 1.54) is 0 Å². The second kappa shape index (κ2) is 4.92. The van der Waals surface area contributed by atoms with Crippen molar-refractivity contribution < 1.29 is 28.8 Å². The first-order chi connectivity index (χ1) is 12.5. The number of furan rings is 1. The van der Waals surface area contributed by atoms with E-state index in [4.69, 9.17) is 18.6 Å². The third kappa shape index (κ3) is 1.59. The molecule has 9 unspecified atom stereocenters. The normalized spacial score (nSPS) is 57.7. The first kappa shape index (κ1) is 16.1. The number of aliphatic hydroxyl groups excluding tert-OH is 2. The van der Waals surface area contributed by atoms with Gasteiger partial charge in [0.05, 0.1) is 49.5 Å². The second-order valence-corrected chi connectivity index (χ2v) is 9.16. The highest BCUT2D eigenvalue weighted by Crippen LogP contribution is 2.74. The smallest absolute Gasteiger partial charge is 0.164 e. The van der Waals surface area contributed by atoms with E-state index in [1.807, 2.05) is 6.07 Å². The van der Waals surface area contributed by atoms with Gasteiger partial charge < -0.3 is 28.8 Å². The number of epoxide rings is 1. The van der Waals surface area contributed by atoms with Crippen molar-refractivity contribution in [3.63, 3.8) is 0 Å². The van der Waals surface area contributed by atoms with E-state index < -0.39 is 23.2 Å². The first-order valence-electron chi connectivity index (χ1n) is 9.84. The number of hydrogen-bond acceptors (Lipinski definition) is 6. The molecule has 3 saturated heterocycles. The van der Waals surface area contributed by atoms with E-state index in [9.17, 15) is 10.2 Å². The van der Waals surface area contributed by atoms with Gasteiger partial charge >= 0.3 is 0 Å². The lowest BCUT2D eigenvalue weighted by Crippen LogP contribution is -2.74. The predicted molar refractivity (Wildman–Crippen MR) is 89.0 cm³/mol. The van der Waals surface area contributed by atoms with Crippen molar-refractivity contribution in [2.75, 3.05) is 13.2 Å².